The molecular weight excluding hydrogens is 332 g/mol. The van der Waals surface area contributed by atoms with E-state index in [9.17, 15) is 4.79 Å². The molecule has 1 saturated heterocycles. The quantitative estimate of drug-likeness (QED) is 0.892. The summed E-state index contributed by atoms with van der Waals surface area (Å²) < 4.78 is 16.4. The Balaban J connectivity index is 1.52. The zero-order valence-electron chi connectivity index (χ0n) is 14.5. The molecule has 0 aliphatic carbocycles. The topological polar surface area (TPSA) is 60.0 Å². The summed E-state index contributed by atoms with van der Waals surface area (Å²) in [5, 5.41) is 3.07. The largest absolute Gasteiger partial charge is 0.454 e. The maximum Gasteiger partial charge on any atom is 0.251 e. The lowest BCUT2D eigenvalue weighted by Gasteiger charge is -2.35. The zero-order chi connectivity index (χ0) is 17.8. The number of carbonyl (C=O) groups excluding carboxylic acids is 1. The van der Waals surface area contributed by atoms with Crippen molar-refractivity contribution >= 4 is 5.91 Å². The average Bonchev–Trinajstić information content (AvgIpc) is 3.17. The lowest BCUT2D eigenvalue weighted by atomic mass is 10.0. The first-order valence-electron chi connectivity index (χ1n) is 8.86. The first-order chi connectivity index (χ1) is 12.8. The first-order valence-corrected chi connectivity index (χ1v) is 8.86. The molecule has 2 aliphatic rings. The van der Waals surface area contributed by atoms with Gasteiger partial charge in [-0.15, -0.1) is 0 Å². The van der Waals surface area contributed by atoms with Crippen LogP contribution in [0.2, 0.25) is 0 Å². The minimum atomic E-state index is -0.0652. The van der Waals surface area contributed by atoms with Crippen LogP contribution in [-0.2, 0) is 4.74 Å². The van der Waals surface area contributed by atoms with E-state index in [-0.39, 0.29) is 18.7 Å². The van der Waals surface area contributed by atoms with Crippen LogP contribution in [0.4, 0.5) is 0 Å². The standard InChI is InChI=1S/C20H22N2O4/c23-20(15-4-2-1-3-5-15)21-13-17(22-8-10-24-11-9-22)16-6-7-18-19(12-16)26-14-25-18/h1-7,12,17H,8-11,13-14H2,(H,21,23)/t17-/m1/s1. The third-order valence-electron chi connectivity index (χ3n) is 4.76. The Morgan fingerprint density at radius 1 is 1.04 bits per heavy atom. The summed E-state index contributed by atoms with van der Waals surface area (Å²) in [5.41, 5.74) is 1.77. The van der Waals surface area contributed by atoms with E-state index in [2.05, 4.69) is 10.2 Å². The van der Waals surface area contributed by atoms with Gasteiger partial charge in [0, 0.05) is 25.2 Å². The predicted octanol–water partition coefficient (Wildman–Crippen LogP) is 2.22. The van der Waals surface area contributed by atoms with E-state index in [0.29, 0.717) is 25.3 Å². The molecule has 6 heteroatoms. The Hall–Kier alpha value is -2.57. The van der Waals surface area contributed by atoms with Crippen LogP contribution in [0.15, 0.2) is 48.5 Å². The van der Waals surface area contributed by atoms with Gasteiger partial charge in [-0.05, 0) is 29.8 Å². The summed E-state index contributed by atoms with van der Waals surface area (Å²) >= 11 is 0. The summed E-state index contributed by atoms with van der Waals surface area (Å²) in [5.74, 6) is 1.46. The van der Waals surface area contributed by atoms with Gasteiger partial charge in [-0.2, -0.15) is 0 Å². The highest BCUT2D eigenvalue weighted by atomic mass is 16.7. The molecule has 2 aromatic rings. The number of nitrogens with one attached hydrogen (secondary N) is 1. The van der Waals surface area contributed by atoms with Crippen LogP contribution in [0.1, 0.15) is 22.0 Å². The van der Waals surface area contributed by atoms with Crippen LogP contribution in [0.3, 0.4) is 0 Å². The van der Waals surface area contributed by atoms with Crippen LogP contribution >= 0.6 is 0 Å². The molecule has 1 fully saturated rings. The highest BCUT2D eigenvalue weighted by Gasteiger charge is 2.25. The van der Waals surface area contributed by atoms with E-state index in [0.717, 1.165) is 30.2 Å². The number of amides is 1. The molecule has 0 radical (unpaired) electrons. The Labute approximate surface area is 152 Å². The number of hydrogen-bond donors (Lipinski definition) is 1. The number of hydrogen-bond acceptors (Lipinski definition) is 5. The van der Waals surface area contributed by atoms with Crippen molar-refractivity contribution in [1.29, 1.82) is 0 Å². The third-order valence-corrected chi connectivity index (χ3v) is 4.76. The Morgan fingerprint density at radius 3 is 2.62 bits per heavy atom. The summed E-state index contributed by atoms with van der Waals surface area (Å²) in [6, 6.07) is 15.3. The van der Waals surface area contributed by atoms with Gasteiger partial charge in [-0.25, -0.2) is 0 Å². The van der Waals surface area contributed by atoms with Gasteiger partial charge in [0.15, 0.2) is 11.5 Å². The SMILES string of the molecule is O=C(NC[C@H](c1ccc2c(c1)OCO2)N1CCOCC1)c1ccccc1. The van der Waals surface area contributed by atoms with Gasteiger partial charge in [-0.3, -0.25) is 9.69 Å². The Bertz CT molecular complexity index is 760. The number of nitrogens with zero attached hydrogens (tertiary/aromatic N) is 1. The second-order valence-electron chi connectivity index (χ2n) is 6.35. The summed E-state index contributed by atoms with van der Waals surface area (Å²) in [6.45, 7) is 3.85. The number of benzene rings is 2. The van der Waals surface area contributed by atoms with Crippen molar-refractivity contribution in [2.24, 2.45) is 0 Å². The maximum atomic E-state index is 12.5. The molecule has 0 spiro atoms. The molecule has 0 bridgehead atoms. The zero-order valence-corrected chi connectivity index (χ0v) is 14.5. The van der Waals surface area contributed by atoms with Crippen LogP contribution < -0.4 is 14.8 Å². The van der Waals surface area contributed by atoms with Crippen molar-refractivity contribution in [1.82, 2.24) is 10.2 Å². The van der Waals surface area contributed by atoms with Gasteiger partial charge in [0.25, 0.3) is 5.91 Å². The van der Waals surface area contributed by atoms with Crippen LogP contribution in [0.25, 0.3) is 0 Å². The molecule has 1 atom stereocenters. The molecule has 0 saturated carbocycles. The number of morpholine rings is 1. The van der Waals surface area contributed by atoms with Crippen LogP contribution in [0, 0.1) is 0 Å². The minimum Gasteiger partial charge on any atom is -0.454 e. The lowest BCUT2D eigenvalue weighted by molar-refractivity contribution is 0.0162. The molecule has 0 unspecified atom stereocenters. The lowest BCUT2D eigenvalue weighted by Crippen LogP contribution is -2.43. The van der Waals surface area contributed by atoms with Crippen LogP contribution in [-0.4, -0.2) is 50.4 Å². The Kier molecular flexibility index (Phi) is 5.04. The van der Waals surface area contributed by atoms with E-state index >= 15 is 0 Å². The van der Waals surface area contributed by atoms with Crippen molar-refractivity contribution in [2.75, 3.05) is 39.6 Å². The molecule has 2 heterocycles. The minimum absolute atomic E-state index is 0.0565. The Morgan fingerprint density at radius 2 is 1.81 bits per heavy atom. The van der Waals surface area contributed by atoms with Crippen molar-refractivity contribution in [3.05, 3.63) is 59.7 Å². The summed E-state index contributed by atoms with van der Waals surface area (Å²) in [4.78, 5) is 14.8. The van der Waals surface area contributed by atoms with Crippen molar-refractivity contribution < 1.29 is 19.0 Å². The smallest absolute Gasteiger partial charge is 0.251 e. The molecule has 1 amide bonds. The summed E-state index contributed by atoms with van der Waals surface area (Å²) in [7, 11) is 0. The molecule has 6 nitrogen and oxygen atoms in total. The van der Waals surface area contributed by atoms with E-state index in [1.165, 1.54) is 0 Å². The van der Waals surface area contributed by atoms with Gasteiger partial charge in [-0.1, -0.05) is 24.3 Å². The fourth-order valence-electron chi connectivity index (χ4n) is 3.35. The predicted molar refractivity (Wildman–Crippen MR) is 96.5 cm³/mol. The fraction of sp³-hybridized carbons (Fsp3) is 0.350. The molecular formula is C20H22N2O4. The number of carbonyl (C=O) groups is 1. The fourth-order valence-corrected chi connectivity index (χ4v) is 3.35. The van der Waals surface area contributed by atoms with E-state index in [4.69, 9.17) is 14.2 Å². The van der Waals surface area contributed by atoms with Gasteiger partial charge >= 0.3 is 0 Å². The van der Waals surface area contributed by atoms with E-state index in [1.807, 2.05) is 48.5 Å². The molecule has 4 rings (SSSR count). The number of rotatable bonds is 5. The van der Waals surface area contributed by atoms with Crippen LogP contribution in [0.5, 0.6) is 11.5 Å². The maximum absolute atomic E-state index is 12.5. The van der Waals surface area contributed by atoms with E-state index in [1.54, 1.807) is 0 Å². The molecule has 136 valence electrons. The van der Waals surface area contributed by atoms with E-state index < -0.39 is 0 Å². The number of fused-ring (bicyclic) bond motifs is 1. The van der Waals surface area contributed by atoms with Gasteiger partial charge < -0.3 is 19.5 Å². The first kappa shape index (κ1) is 16.9. The monoisotopic (exact) mass is 354 g/mol. The molecule has 0 aromatic heterocycles. The van der Waals surface area contributed by atoms with Gasteiger partial charge in [0.05, 0.1) is 19.3 Å². The van der Waals surface area contributed by atoms with Crippen molar-refractivity contribution in [2.45, 2.75) is 6.04 Å². The molecule has 26 heavy (non-hydrogen) atoms. The highest BCUT2D eigenvalue weighted by molar-refractivity contribution is 5.94. The highest BCUT2D eigenvalue weighted by Crippen LogP contribution is 2.35. The molecule has 2 aromatic carbocycles. The van der Waals surface area contributed by atoms with Crippen molar-refractivity contribution in [3.8, 4) is 11.5 Å². The second-order valence-corrected chi connectivity index (χ2v) is 6.35. The van der Waals surface area contributed by atoms with Gasteiger partial charge in [0.1, 0.15) is 0 Å². The number of ether oxygens (including phenoxy) is 3. The molecule has 1 N–H and O–H groups in total. The summed E-state index contributed by atoms with van der Waals surface area (Å²) in [6.07, 6.45) is 0. The second kappa shape index (κ2) is 7.76. The molecule has 2 aliphatic heterocycles. The normalized spacial score (nSPS) is 17.7. The third kappa shape index (κ3) is 3.66. The van der Waals surface area contributed by atoms with Gasteiger partial charge in [0.2, 0.25) is 6.79 Å². The average molecular weight is 354 g/mol. The van der Waals surface area contributed by atoms with Crippen molar-refractivity contribution in [3.63, 3.8) is 0 Å².